The largest absolute Gasteiger partial charge is 0.347 e. The number of imide groups is 1. The van der Waals surface area contributed by atoms with E-state index < -0.39 is 6.03 Å². The van der Waals surface area contributed by atoms with Crippen LogP contribution < -0.4 is 10.6 Å². The molecule has 27 heavy (non-hydrogen) atoms. The molecule has 6 nitrogen and oxygen atoms in total. The van der Waals surface area contributed by atoms with Gasteiger partial charge in [0.2, 0.25) is 11.8 Å². The van der Waals surface area contributed by atoms with Crippen molar-refractivity contribution in [3.05, 3.63) is 70.7 Å². The summed E-state index contributed by atoms with van der Waals surface area (Å²) in [6, 6.07) is 16.3. The van der Waals surface area contributed by atoms with E-state index in [2.05, 4.69) is 10.6 Å². The molecule has 1 aliphatic heterocycles. The smallest absolute Gasteiger partial charge is 0.324 e. The molecule has 0 aliphatic carbocycles. The third-order valence-electron chi connectivity index (χ3n) is 4.40. The lowest BCUT2D eigenvalue weighted by Gasteiger charge is -2.27. The quantitative estimate of drug-likeness (QED) is 0.802. The van der Waals surface area contributed by atoms with Crippen molar-refractivity contribution in [3.63, 3.8) is 0 Å². The topological polar surface area (TPSA) is 78.5 Å². The molecule has 2 aromatic rings. The minimum absolute atomic E-state index is 0.106. The fourth-order valence-electron chi connectivity index (χ4n) is 2.98. The van der Waals surface area contributed by atoms with Gasteiger partial charge in [-0.05, 0) is 23.6 Å². The van der Waals surface area contributed by atoms with Gasteiger partial charge in [-0.2, -0.15) is 0 Å². The van der Waals surface area contributed by atoms with Crippen molar-refractivity contribution in [2.45, 2.75) is 18.9 Å². The van der Waals surface area contributed by atoms with Gasteiger partial charge in [-0.15, -0.1) is 0 Å². The van der Waals surface area contributed by atoms with Crippen LogP contribution in [0, 0.1) is 0 Å². The highest BCUT2D eigenvalue weighted by atomic mass is 35.5. The van der Waals surface area contributed by atoms with Crippen molar-refractivity contribution < 1.29 is 14.4 Å². The first kappa shape index (κ1) is 18.9. The van der Waals surface area contributed by atoms with Crippen molar-refractivity contribution >= 4 is 29.4 Å². The van der Waals surface area contributed by atoms with Crippen LogP contribution in [0.4, 0.5) is 4.79 Å². The molecule has 140 valence electrons. The number of carbonyl (C=O) groups excluding carboxylic acids is 3. The number of rotatable bonds is 6. The molecule has 0 saturated carbocycles. The number of hydrogen-bond donors (Lipinski definition) is 2. The molecule has 7 heteroatoms. The first-order valence-electron chi connectivity index (χ1n) is 8.69. The summed E-state index contributed by atoms with van der Waals surface area (Å²) in [6.07, 6.45) is 0.723. The zero-order valence-corrected chi connectivity index (χ0v) is 15.4. The molecule has 0 bridgehead atoms. The van der Waals surface area contributed by atoms with Crippen molar-refractivity contribution in [2.24, 2.45) is 0 Å². The van der Waals surface area contributed by atoms with Gasteiger partial charge in [0.05, 0.1) is 6.04 Å². The molecule has 4 amide bonds. The lowest BCUT2D eigenvalue weighted by Crippen LogP contribution is -2.52. The van der Waals surface area contributed by atoms with E-state index in [1.54, 1.807) is 0 Å². The average molecular weight is 386 g/mol. The molecule has 1 aliphatic rings. The molecule has 1 fully saturated rings. The highest BCUT2D eigenvalue weighted by molar-refractivity contribution is 6.31. The fraction of sp³-hybridized carbons (Fsp3) is 0.250. The van der Waals surface area contributed by atoms with E-state index in [-0.39, 0.29) is 37.4 Å². The molecule has 1 saturated heterocycles. The Morgan fingerprint density at radius 2 is 1.81 bits per heavy atom. The number of amides is 4. The van der Waals surface area contributed by atoms with Gasteiger partial charge in [0.1, 0.15) is 6.54 Å². The summed E-state index contributed by atoms with van der Waals surface area (Å²) < 4.78 is 0. The lowest BCUT2D eigenvalue weighted by molar-refractivity contribution is -0.125. The van der Waals surface area contributed by atoms with E-state index in [0.29, 0.717) is 11.4 Å². The molecular formula is C20H20ClN3O3. The van der Waals surface area contributed by atoms with Crippen LogP contribution in [0.15, 0.2) is 54.6 Å². The Hall–Kier alpha value is -2.86. The van der Waals surface area contributed by atoms with Gasteiger partial charge in [-0.3, -0.25) is 14.9 Å². The normalized spacial score (nSPS) is 15.2. The van der Waals surface area contributed by atoms with Gasteiger partial charge in [0, 0.05) is 18.0 Å². The second kappa shape index (κ2) is 8.68. The van der Waals surface area contributed by atoms with Crippen LogP contribution in [0.2, 0.25) is 5.02 Å². The van der Waals surface area contributed by atoms with Crippen LogP contribution in [0.25, 0.3) is 0 Å². The Morgan fingerprint density at radius 3 is 2.52 bits per heavy atom. The van der Waals surface area contributed by atoms with Crippen LogP contribution in [0.5, 0.6) is 0 Å². The van der Waals surface area contributed by atoms with Gasteiger partial charge < -0.3 is 10.2 Å². The zero-order chi connectivity index (χ0) is 19.2. The van der Waals surface area contributed by atoms with Gasteiger partial charge >= 0.3 is 6.03 Å². The maximum absolute atomic E-state index is 12.5. The number of hydrogen-bond acceptors (Lipinski definition) is 3. The fourth-order valence-corrected chi connectivity index (χ4v) is 3.20. The van der Waals surface area contributed by atoms with Crippen molar-refractivity contribution in [1.29, 1.82) is 0 Å². The van der Waals surface area contributed by atoms with E-state index in [9.17, 15) is 14.4 Å². The van der Waals surface area contributed by atoms with Gasteiger partial charge in [-0.25, -0.2) is 4.79 Å². The predicted octanol–water partition coefficient (Wildman–Crippen LogP) is 2.68. The first-order valence-corrected chi connectivity index (χ1v) is 9.07. The van der Waals surface area contributed by atoms with Crippen LogP contribution in [-0.2, 0) is 16.0 Å². The van der Waals surface area contributed by atoms with Crippen molar-refractivity contribution in [1.82, 2.24) is 15.5 Å². The Bertz CT molecular complexity index is 841. The third kappa shape index (κ3) is 5.08. The average Bonchev–Trinajstić information content (AvgIpc) is 2.66. The molecule has 0 radical (unpaired) electrons. The maximum atomic E-state index is 12.5. The molecule has 1 atom stereocenters. The van der Waals surface area contributed by atoms with Crippen LogP contribution in [0.1, 0.15) is 23.6 Å². The summed E-state index contributed by atoms with van der Waals surface area (Å²) >= 11 is 6.27. The monoisotopic (exact) mass is 385 g/mol. The van der Waals surface area contributed by atoms with Crippen molar-refractivity contribution in [2.75, 3.05) is 13.1 Å². The number of urea groups is 1. The molecular weight excluding hydrogens is 366 g/mol. The van der Waals surface area contributed by atoms with Crippen LogP contribution in [-0.4, -0.2) is 35.8 Å². The predicted molar refractivity (Wildman–Crippen MR) is 102 cm³/mol. The zero-order valence-electron chi connectivity index (χ0n) is 14.7. The standard InChI is InChI=1S/C20H20ClN3O3/c21-16-9-5-4-8-15(16)12-17(14-6-2-1-3-7-14)22-19(26)13-24-11-10-18(25)23-20(24)27/h1-9,17H,10-13H2,(H,22,26)(H,23,25,27). The Kier molecular flexibility index (Phi) is 6.08. The SMILES string of the molecule is O=C1CCN(CC(=O)NC(Cc2ccccc2Cl)c2ccccc2)C(=O)N1. The molecule has 2 N–H and O–H groups in total. The van der Waals surface area contributed by atoms with Crippen LogP contribution >= 0.6 is 11.6 Å². The summed E-state index contributed by atoms with van der Waals surface area (Å²) in [5.74, 6) is -0.613. The summed E-state index contributed by atoms with van der Waals surface area (Å²) in [5.41, 5.74) is 1.87. The second-order valence-corrected chi connectivity index (χ2v) is 6.76. The second-order valence-electron chi connectivity index (χ2n) is 6.35. The minimum Gasteiger partial charge on any atom is -0.347 e. The van der Waals surface area contributed by atoms with E-state index in [0.717, 1.165) is 11.1 Å². The molecule has 1 unspecified atom stereocenters. The summed E-state index contributed by atoms with van der Waals surface area (Å²) in [4.78, 5) is 36.9. The third-order valence-corrected chi connectivity index (χ3v) is 4.76. The number of carbonyl (C=O) groups is 3. The summed E-state index contributed by atoms with van der Waals surface area (Å²) in [5, 5.41) is 5.84. The van der Waals surface area contributed by atoms with Gasteiger partial charge in [0.25, 0.3) is 0 Å². The maximum Gasteiger partial charge on any atom is 0.324 e. The summed E-state index contributed by atoms with van der Waals surface area (Å²) in [7, 11) is 0. The van der Waals surface area contributed by atoms with Gasteiger partial charge in [-0.1, -0.05) is 60.1 Å². The van der Waals surface area contributed by atoms with Crippen LogP contribution in [0.3, 0.4) is 0 Å². The van der Waals surface area contributed by atoms with Crippen molar-refractivity contribution in [3.8, 4) is 0 Å². The molecule has 0 spiro atoms. The highest BCUT2D eigenvalue weighted by Crippen LogP contribution is 2.23. The Balaban J connectivity index is 1.71. The highest BCUT2D eigenvalue weighted by Gasteiger charge is 2.26. The number of nitrogens with zero attached hydrogens (tertiary/aromatic N) is 1. The molecule has 3 rings (SSSR count). The molecule has 1 heterocycles. The van der Waals surface area contributed by atoms with E-state index in [4.69, 9.17) is 11.6 Å². The first-order chi connectivity index (χ1) is 13.0. The lowest BCUT2D eigenvalue weighted by atomic mass is 9.98. The minimum atomic E-state index is -0.538. The molecule has 2 aromatic carbocycles. The Morgan fingerprint density at radius 1 is 1.11 bits per heavy atom. The Labute approximate surface area is 162 Å². The van der Waals surface area contributed by atoms with E-state index in [1.165, 1.54) is 4.90 Å². The number of nitrogens with one attached hydrogen (secondary N) is 2. The summed E-state index contributed by atoms with van der Waals surface area (Å²) in [6.45, 7) is 0.129. The molecule has 0 aromatic heterocycles. The van der Waals surface area contributed by atoms with E-state index in [1.807, 2.05) is 54.6 Å². The number of halogens is 1. The van der Waals surface area contributed by atoms with E-state index >= 15 is 0 Å². The van der Waals surface area contributed by atoms with Gasteiger partial charge in [0.15, 0.2) is 0 Å². The number of benzene rings is 2.